The fourth-order valence-corrected chi connectivity index (χ4v) is 3.71. The van der Waals surface area contributed by atoms with Crippen molar-refractivity contribution >= 4 is 46.3 Å². The van der Waals surface area contributed by atoms with Crippen LogP contribution < -0.4 is 14.9 Å². The molecule has 0 atom stereocenters. The van der Waals surface area contributed by atoms with Crippen LogP contribution in [0.15, 0.2) is 71.8 Å². The maximum Gasteiger partial charge on any atom is 0.244 e. The molecule has 1 N–H and O–H groups in total. The Hall–Kier alpha value is -2.58. The lowest BCUT2D eigenvalue weighted by molar-refractivity contribution is -0.120. The van der Waals surface area contributed by atoms with E-state index < -0.39 is 0 Å². The summed E-state index contributed by atoms with van der Waals surface area (Å²) in [5.74, 6) is 1.12. The van der Waals surface area contributed by atoms with Crippen molar-refractivity contribution in [2.75, 3.05) is 6.61 Å². The molecule has 0 bridgehead atoms. The van der Waals surface area contributed by atoms with Crippen LogP contribution in [0.4, 0.5) is 0 Å². The van der Waals surface area contributed by atoms with E-state index in [0.29, 0.717) is 29.7 Å². The van der Waals surface area contributed by atoms with Gasteiger partial charge in [0, 0.05) is 5.02 Å². The first-order chi connectivity index (χ1) is 15.0. The number of hydrogen-bond donors (Lipinski definition) is 1. The molecular formula is C24H22ClIN2O3. The summed E-state index contributed by atoms with van der Waals surface area (Å²) < 4.78 is 12.7. The first kappa shape index (κ1) is 23.1. The summed E-state index contributed by atoms with van der Waals surface area (Å²) in [5.41, 5.74) is 5.29. The molecule has 3 aromatic rings. The van der Waals surface area contributed by atoms with Crippen molar-refractivity contribution < 1.29 is 14.3 Å². The fraction of sp³-hybridized carbons (Fsp3) is 0.167. The van der Waals surface area contributed by atoms with E-state index in [-0.39, 0.29) is 12.3 Å². The van der Waals surface area contributed by atoms with Gasteiger partial charge in [-0.2, -0.15) is 5.10 Å². The van der Waals surface area contributed by atoms with Crippen LogP contribution >= 0.6 is 34.2 Å². The van der Waals surface area contributed by atoms with Crippen molar-refractivity contribution in [2.24, 2.45) is 5.10 Å². The standard InChI is InChI=1S/C24H22ClIN2O3/c1-2-30-22-13-19(12-21(26)24(22)31-16-18-6-4-3-5-7-18)15-27-28-23(29)14-17-8-10-20(25)11-9-17/h3-13,15H,2,14,16H2,1H3,(H,28,29)/b27-15-. The van der Waals surface area contributed by atoms with Crippen LogP contribution in [0.5, 0.6) is 11.5 Å². The lowest BCUT2D eigenvalue weighted by atomic mass is 10.1. The lowest BCUT2D eigenvalue weighted by Crippen LogP contribution is -2.19. The number of carbonyl (C=O) groups is 1. The largest absolute Gasteiger partial charge is 0.490 e. The van der Waals surface area contributed by atoms with Gasteiger partial charge < -0.3 is 9.47 Å². The molecular weight excluding hydrogens is 527 g/mol. The molecule has 0 aliphatic heterocycles. The number of rotatable bonds is 9. The summed E-state index contributed by atoms with van der Waals surface area (Å²) in [5, 5.41) is 4.71. The maximum atomic E-state index is 12.1. The second-order valence-electron chi connectivity index (χ2n) is 6.63. The predicted octanol–water partition coefficient (Wildman–Crippen LogP) is 5.62. The predicted molar refractivity (Wildman–Crippen MR) is 132 cm³/mol. The zero-order valence-electron chi connectivity index (χ0n) is 17.0. The molecule has 0 aliphatic rings. The number of amides is 1. The van der Waals surface area contributed by atoms with Crippen LogP contribution in [-0.2, 0) is 17.8 Å². The van der Waals surface area contributed by atoms with Crippen molar-refractivity contribution in [2.45, 2.75) is 20.0 Å². The quantitative estimate of drug-likeness (QED) is 0.215. The summed E-state index contributed by atoms with van der Waals surface area (Å²) in [4.78, 5) is 12.1. The normalized spacial score (nSPS) is 10.8. The van der Waals surface area contributed by atoms with Crippen LogP contribution in [0.2, 0.25) is 5.02 Å². The average Bonchev–Trinajstić information content (AvgIpc) is 2.76. The fourth-order valence-electron chi connectivity index (χ4n) is 2.80. The SMILES string of the molecule is CCOc1cc(/C=N\NC(=O)Cc2ccc(Cl)cc2)cc(I)c1OCc1ccccc1. The van der Waals surface area contributed by atoms with Crippen LogP contribution in [0, 0.1) is 3.57 Å². The zero-order chi connectivity index (χ0) is 22.1. The molecule has 0 aromatic heterocycles. The van der Waals surface area contributed by atoms with Crippen molar-refractivity contribution in [3.8, 4) is 11.5 Å². The van der Waals surface area contributed by atoms with Gasteiger partial charge in [0.1, 0.15) is 6.61 Å². The van der Waals surface area contributed by atoms with E-state index >= 15 is 0 Å². The van der Waals surface area contributed by atoms with Gasteiger partial charge in [-0.25, -0.2) is 5.43 Å². The molecule has 31 heavy (non-hydrogen) atoms. The summed E-state index contributed by atoms with van der Waals surface area (Å²) in [6.45, 7) is 2.88. The van der Waals surface area contributed by atoms with Crippen LogP contribution in [0.1, 0.15) is 23.6 Å². The Morgan fingerprint density at radius 1 is 1.06 bits per heavy atom. The van der Waals surface area contributed by atoms with Gasteiger partial charge in [-0.1, -0.05) is 54.1 Å². The van der Waals surface area contributed by atoms with E-state index in [1.54, 1.807) is 18.3 Å². The first-order valence-electron chi connectivity index (χ1n) is 9.74. The Labute approximate surface area is 200 Å². The molecule has 3 aromatic carbocycles. The molecule has 7 heteroatoms. The highest BCUT2D eigenvalue weighted by Gasteiger charge is 2.12. The third-order valence-corrected chi connectivity index (χ3v) is 5.29. The zero-order valence-corrected chi connectivity index (χ0v) is 19.9. The Balaban J connectivity index is 1.65. The molecule has 3 rings (SSSR count). The topological polar surface area (TPSA) is 59.9 Å². The van der Waals surface area contributed by atoms with Gasteiger partial charge in [0.2, 0.25) is 5.91 Å². The van der Waals surface area contributed by atoms with Crippen LogP contribution in [0.25, 0.3) is 0 Å². The number of nitrogens with zero attached hydrogens (tertiary/aromatic N) is 1. The Bertz CT molecular complexity index is 1040. The Morgan fingerprint density at radius 2 is 1.81 bits per heavy atom. The molecule has 0 aliphatic carbocycles. The van der Waals surface area contributed by atoms with E-state index in [4.69, 9.17) is 21.1 Å². The van der Waals surface area contributed by atoms with Crippen molar-refractivity contribution in [1.82, 2.24) is 5.43 Å². The summed E-state index contributed by atoms with van der Waals surface area (Å²) in [6.07, 6.45) is 1.81. The molecule has 0 heterocycles. The van der Waals surface area contributed by atoms with Crippen LogP contribution in [0.3, 0.4) is 0 Å². The number of hydrazone groups is 1. The molecule has 5 nitrogen and oxygen atoms in total. The molecule has 1 amide bonds. The van der Waals surface area contributed by atoms with Crippen LogP contribution in [-0.4, -0.2) is 18.7 Å². The minimum Gasteiger partial charge on any atom is -0.490 e. The van der Waals surface area contributed by atoms with Gasteiger partial charge in [-0.15, -0.1) is 0 Å². The third kappa shape index (κ3) is 7.25. The van der Waals surface area contributed by atoms with E-state index in [0.717, 1.165) is 20.3 Å². The number of hydrogen-bond acceptors (Lipinski definition) is 4. The molecule has 0 fully saturated rings. The van der Waals surface area contributed by atoms with Crippen molar-refractivity contribution in [3.63, 3.8) is 0 Å². The van der Waals surface area contributed by atoms with Gasteiger partial charge in [0.05, 0.1) is 22.8 Å². The van der Waals surface area contributed by atoms with Crippen molar-refractivity contribution in [1.29, 1.82) is 0 Å². The van der Waals surface area contributed by atoms with Gasteiger partial charge in [0.25, 0.3) is 0 Å². The van der Waals surface area contributed by atoms with E-state index in [2.05, 4.69) is 33.1 Å². The van der Waals surface area contributed by atoms with Gasteiger partial charge in [0.15, 0.2) is 11.5 Å². The minimum atomic E-state index is -0.207. The number of benzene rings is 3. The monoisotopic (exact) mass is 548 g/mol. The van der Waals surface area contributed by atoms with Gasteiger partial charge in [-0.05, 0) is 70.5 Å². The molecule has 0 saturated carbocycles. The third-order valence-electron chi connectivity index (χ3n) is 4.24. The van der Waals surface area contributed by atoms with Gasteiger partial charge >= 0.3 is 0 Å². The highest BCUT2D eigenvalue weighted by atomic mass is 127. The molecule has 0 unspecified atom stereocenters. The summed E-state index contributed by atoms with van der Waals surface area (Å²) in [6, 6.07) is 20.9. The average molecular weight is 549 g/mol. The molecule has 0 spiro atoms. The van der Waals surface area contributed by atoms with E-state index in [1.807, 2.05) is 61.5 Å². The number of ether oxygens (including phenoxy) is 2. The van der Waals surface area contributed by atoms with E-state index in [1.165, 1.54) is 0 Å². The number of nitrogens with one attached hydrogen (secondary N) is 1. The summed E-state index contributed by atoms with van der Waals surface area (Å²) >= 11 is 8.08. The summed E-state index contributed by atoms with van der Waals surface area (Å²) in [7, 11) is 0. The number of carbonyl (C=O) groups excluding carboxylic acids is 1. The molecule has 0 radical (unpaired) electrons. The minimum absolute atomic E-state index is 0.207. The highest BCUT2D eigenvalue weighted by Crippen LogP contribution is 2.34. The second kappa shape index (κ2) is 11.7. The first-order valence-corrected chi connectivity index (χ1v) is 11.2. The molecule has 160 valence electrons. The Morgan fingerprint density at radius 3 is 2.52 bits per heavy atom. The van der Waals surface area contributed by atoms with Crippen molar-refractivity contribution in [3.05, 3.63) is 92.0 Å². The highest BCUT2D eigenvalue weighted by molar-refractivity contribution is 14.1. The maximum absolute atomic E-state index is 12.1. The second-order valence-corrected chi connectivity index (χ2v) is 8.23. The molecule has 0 saturated heterocycles. The number of halogens is 2. The lowest BCUT2D eigenvalue weighted by Gasteiger charge is -2.14. The van der Waals surface area contributed by atoms with Gasteiger partial charge in [-0.3, -0.25) is 4.79 Å². The van der Waals surface area contributed by atoms with E-state index in [9.17, 15) is 4.79 Å². The Kier molecular flexibility index (Phi) is 8.73. The smallest absolute Gasteiger partial charge is 0.244 e.